The van der Waals surface area contributed by atoms with Gasteiger partial charge in [-0.3, -0.25) is 0 Å². The Hall–Kier alpha value is -1.05. The number of hydrogen-bond acceptors (Lipinski definition) is 2. The third-order valence-corrected chi connectivity index (χ3v) is 4.49. The highest BCUT2D eigenvalue weighted by Crippen LogP contribution is 2.53. The third-order valence-electron chi connectivity index (χ3n) is 4.49. The first-order valence-electron chi connectivity index (χ1n) is 6.43. The molecule has 1 spiro atoms. The molecule has 2 heteroatoms. The van der Waals surface area contributed by atoms with Crippen molar-refractivity contribution in [1.82, 2.24) is 0 Å². The number of carbonyl (C=O) groups is 1. The van der Waals surface area contributed by atoms with Gasteiger partial charge in [-0.15, -0.1) is 0 Å². The van der Waals surface area contributed by atoms with E-state index < -0.39 is 0 Å². The Labute approximate surface area is 104 Å². The van der Waals surface area contributed by atoms with Crippen LogP contribution in [0.3, 0.4) is 0 Å². The second kappa shape index (κ2) is 4.01. The van der Waals surface area contributed by atoms with E-state index in [1.807, 2.05) is 13.8 Å². The lowest BCUT2D eigenvalue weighted by Crippen LogP contribution is -2.38. The smallest absolute Gasteiger partial charge is 0.334 e. The van der Waals surface area contributed by atoms with E-state index in [2.05, 4.69) is 20.4 Å². The molecule has 1 aliphatic heterocycles. The standard InChI is InChI=1S/C15H22O2/c1-9(2)12-8-15(17-14(12)16)11(5)6-7-13(15)10(3)4/h11,13H,3,6-8H2,1-2,4-5H3/t11-,13+,15+/m0/s1. The molecule has 0 unspecified atom stereocenters. The number of hydrogen-bond donors (Lipinski definition) is 0. The molecule has 0 amide bonds. The van der Waals surface area contributed by atoms with E-state index >= 15 is 0 Å². The molecule has 2 rings (SSSR count). The van der Waals surface area contributed by atoms with Crippen molar-refractivity contribution in [3.8, 4) is 0 Å². The molecule has 3 atom stereocenters. The zero-order valence-electron chi connectivity index (χ0n) is 11.3. The highest BCUT2D eigenvalue weighted by atomic mass is 16.6. The highest BCUT2D eigenvalue weighted by molar-refractivity contribution is 5.92. The van der Waals surface area contributed by atoms with E-state index in [1.165, 1.54) is 0 Å². The van der Waals surface area contributed by atoms with Gasteiger partial charge in [-0.25, -0.2) is 4.79 Å². The van der Waals surface area contributed by atoms with E-state index in [-0.39, 0.29) is 11.6 Å². The summed E-state index contributed by atoms with van der Waals surface area (Å²) in [5.41, 5.74) is 2.82. The molecule has 0 radical (unpaired) electrons. The second-order valence-electron chi connectivity index (χ2n) is 5.88. The van der Waals surface area contributed by atoms with Crippen LogP contribution < -0.4 is 0 Å². The molecule has 0 aromatic heterocycles. The fourth-order valence-electron chi connectivity index (χ4n) is 3.38. The van der Waals surface area contributed by atoms with Crippen LogP contribution >= 0.6 is 0 Å². The molecule has 94 valence electrons. The van der Waals surface area contributed by atoms with E-state index in [0.717, 1.165) is 36.0 Å². The summed E-state index contributed by atoms with van der Waals surface area (Å²) in [6, 6.07) is 0. The summed E-state index contributed by atoms with van der Waals surface area (Å²) >= 11 is 0. The molecule has 17 heavy (non-hydrogen) atoms. The summed E-state index contributed by atoms with van der Waals surface area (Å²) in [6.07, 6.45) is 2.99. The minimum Gasteiger partial charge on any atom is -0.454 e. The van der Waals surface area contributed by atoms with Crippen LogP contribution in [-0.4, -0.2) is 11.6 Å². The number of rotatable bonds is 1. The van der Waals surface area contributed by atoms with E-state index in [1.54, 1.807) is 0 Å². The van der Waals surface area contributed by atoms with Gasteiger partial charge in [0.05, 0.1) is 0 Å². The lowest BCUT2D eigenvalue weighted by atomic mass is 9.78. The first-order chi connectivity index (χ1) is 7.88. The van der Waals surface area contributed by atoms with Gasteiger partial charge in [-0.05, 0) is 39.5 Å². The van der Waals surface area contributed by atoms with Crippen LogP contribution in [0.2, 0.25) is 0 Å². The topological polar surface area (TPSA) is 26.3 Å². The molecule has 1 saturated heterocycles. The number of carbonyl (C=O) groups excluding carboxylic acids is 1. The average molecular weight is 234 g/mol. The number of esters is 1. The van der Waals surface area contributed by atoms with Crippen LogP contribution in [-0.2, 0) is 9.53 Å². The Balaban J connectivity index is 2.40. The van der Waals surface area contributed by atoms with E-state index in [9.17, 15) is 4.79 Å². The lowest BCUT2D eigenvalue weighted by molar-refractivity contribution is -0.151. The summed E-state index contributed by atoms with van der Waals surface area (Å²) in [7, 11) is 0. The minimum atomic E-state index is -0.296. The molecule has 1 aliphatic carbocycles. The highest BCUT2D eigenvalue weighted by Gasteiger charge is 2.56. The van der Waals surface area contributed by atoms with Crippen molar-refractivity contribution in [3.63, 3.8) is 0 Å². The van der Waals surface area contributed by atoms with Gasteiger partial charge >= 0.3 is 5.97 Å². The lowest BCUT2D eigenvalue weighted by Gasteiger charge is -2.33. The summed E-state index contributed by atoms with van der Waals surface area (Å²) in [5.74, 6) is 0.660. The van der Waals surface area contributed by atoms with Crippen LogP contribution in [0.25, 0.3) is 0 Å². The van der Waals surface area contributed by atoms with Gasteiger partial charge in [0.25, 0.3) is 0 Å². The van der Waals surface area contributed by atoms with Gasteiger partial charge in [-0.1, -0.05) is 24.6 Å². The first kappa shape index (κ1) is 12.4. The van der Waals surface area contributed by atoms with Gasteiger partial charge in [0, 0.05) is 17.9 Å². The van der Waals surface area contributed by atoms with Crippen molar-refractivity contribution in [1.29, 1.82) is 0 Å². The molecule has 0 bridgehead atoms. The molecular formula is C15H22O2. The molecule has 2 fully saturated rings. The zero-order chi connectivity index (χ0) is 12.8. The van der Waals surface area contributed by atoms with Gasteiger partial charge in [0.1, 0.15) is 5.60 Å². The summed E-state index contributed by atoms with van der Waals surface area (Å²) < 4.78 is 5.81. The average Bonchev–Trinajstić information content (AvgIpc) is 2.71. The second-order valence-corrected chi connectivity index (χ2v) is 5.88. The molecular weight excluding hydrogens is 212 g/mol. The van der Waals surface area contributed by atoms with Crippen LogP contribution in [0.4, 0.5) is 0 Å². The predicted octanol–water partition coefficient (Wildman–Crippen LogP) is 3.63. The Kier molecular flexibility index (Phi) is 2.92. The van der Waals surface area contributed by atoms with Gasteiger partial charge in [0.2, 0.25) is 0 Å². The Morgan fingerprint density at radius 1 is 1.35 bits per heavy atom. The maximum atomic E-state index is 12.0. The van der Waals surface area contributed by atoms with Crippen LogP contribution in [0.5, 0.6) is 0 Å². The number of ether oxygens (including phenoxy) is 1. The zero-order valence-corrected chi connectivity index (χ0v) is 11.3. The Morgan fingerprint density at radius 2 is 2.00 bits per heavy atom. The summed E-state index contributed by atoms with van der Waals surface area (Å²) in [5, 5.41) is 0. The van der Waals surface area contributed by atoms with Crippen molar-refractivity contribution in [2.45, 2.75) is 52.6 Å². The minimum absolute atomic E-state index is 0.106. The molecule has 0 aromatic rings. The quantitative estimate of drug-likeness (QED) is 0.393. The molecule has 0 aromatic carbocycles. The Bertz CT molecular complexity index is 401. The fourth-order valence-corrected chi connectivity index (χ4v) is 3.38. The molecule has 0 N–H and O–H groups in total. The van der Waals surface area contributed by atoms with Crippen LogP contribution in [0.15, 0.2) is 23.3 Å². The first-order valence-corrected chi connectivity index (χ1v) is 6.43. The number of allylic oxidation sites excluding steroid dienone is 1. The SMILES string of the molecule is C=C(C)[C@H]1CC[C@H](C)[C@]12CC(=C(C)C)C(=O)O2. The largest absolute Gasteiger partial charge is 0.454 e. The molecule has 1 heterocycles. The van der Waals surface area contributed by atoms with Gasteiger partial charge in [0.15, 0.2) is 0 Å². The van der Waals surface area contributed by atoms with E-state index in [0.29, 0.717) is 11.8 Å². The fraction of sp³-hybridized carbons (Fsp3) is 0.667. The van der Waals surface area contributed by atoms with Crippen molar-refractivity contribution < 1.29 is 9.53 Å². The van der Waals surface area contributed by atoms with Crippen molar-refractivity contribution >= 4 is 5.97 Å². The normalized spacial score (nSPS) is 36.5. The summed E-state index contributed by atoms with van der Waals surface area (Å²) in [4.78, 5) is 12.0. The molecule has 1 saturated carbocycles. The third kappa shape index (κ3) is 1.74. The van der Waals surface area contributed by atoms with Crippen LogP contribution in [0.1, 0.15) is 47.0 Å². The van der Waals surface area contributed by atoms with Gasteiger partial charge in [-0.2, -0.15) is 0 Å². The monoisotopic (exact) mass is 234 g/mol. The maximum Gasteiger partial charge on any atom is 0.334 e. The Morgan fingerprint density at radius 3 is 2.47 bits per heavy atom. The molecule has 2 aliphatic rings. The van der Waals surface area contributed by atoms with Crippen molar-refractivity contribution in [2.75, 3.05) is 0 Å². The molecule has 2 nitrogen and oxygen atoms in total. The van der Waals surface area contributed by atoms with Crippen molar-refractivity contribution in [2.24, 2.45) is 11.8 Å². The van der Waals surface area contributed by atoms with E-state index in [4.69, 9.17) is 4.74 Å². The predicted molar refractivity (Wildman–Crippen MR) is 68.5 cm³/mol. The maximum absolute atomic E-state index is 12.0. The summed E-state index contributed by atoms with van der Waals surface area (Å²) in [6.45, 7) is 12.3. The van der Waals surface area contributed by atoms with Crippen LogP contribution in [0, 0.1) is 11.8 Å². The van der Waals surface area contributed by atoms with Crippen molar-refractivity contribution in [3.05, 3.63) is 23.3 Å². The van der Waals surface area contributed by atoms with Gasteiger partial charge < -0.3 is 4.74 Å².